The highest BCUT2D eigenvalue weighted by atomic mass is 19.4. The van der Waals surface area contributed by atoms with E-state index in [0.717, 1.165) is 17.7 Å². The van der Waals surface area contributed by atoms with E-state index in [4.69, 9.17) is 4.74 Å². The molecule has 0 unspecified atom stereocenters. The Balaban J connectivity index is 1.48. The van der Waals surface area contributed by atoms with Crippen molar-refractivity contribution in [3.63, 3.8) is 0 Å². The number of aryl methyl sites for hydroxylation is 1. The van der Waals surface area contributed by atoms with Gasteiger partial charge in [0.05, 0.1) is 17.6 Å². The Kier molecular flexibility index (Phi) is 4.96. The molecule has 1 amide bonds. The van der Waals surface area contributed by atoms with E-state index in [0.29, 0.717) is 46.9 Å². The highest BCUT2D eigenvalue weighted by molar-refractivity contribution is 6.07. The SMILES string of the molecule is Cc1cc(-c2ncc3cc(C(F)(F)F)ccc3n2)ccc1N1CCOc2cccnc2C1=O. The number of alkyl halides is 3. The number of benzene rings is 2. The third-order valence-corrected chi connectivity index (χ3v) is 5.44. The first-order valence-corrected chi connectivity index (χ1v) is 10.2. The lowest BCUT2D eigenvalue weighted by Crippen LogP contribution is -2.33. The zero-order valence-corrected chi connectivity index (χ0v) is 17.4. The number of carbonyl (C=O) groups excluding carboxylic acids is 1. The van der Waals surface area contributed by atoms with Crippen molar-refractivity contribution >= 4 is 22.5 Å². The van der Waals surface area contributed by atoms with Crippen molar-refractivity contribution in [1.82, 2.24) is 15.0 Å². The molecule has 0 saturated carbocycles. The molecule has 2 aromatic carbocycles. The lowest BCUT2D eigenvalue weighted by Gasteiger charge is -2.22. The standard InChI is InChI=1S/C24H17F3N4O2/c1-14-11-15(22-29-13-16-12-17(24(25,26)27)5-6-18(16)30-22)4-7-19(14)31-9-10-33-20-3-2-8-28-21(20)23(31)32/h2-8,11-13H,9-10H2,1H3. The van der Waals surface area contributed by atoms with Crippen LogP contribution in [-0.2, 0) is 6.18 Å². The van der Waals surface area contributed by atoms with Crippen LogP contribution in [0.1, 0.15) is 21.6 Å². The molecule has 3 heterocycles. The topological polar surface area (TPSA) is 68.2 Å². The molecule has 0 spiro atoms. The largest absolute Gasteiger partial charge is 0.489 e. The average molecular weight is 450 g/mol. The minimum Gasteiger partial charge on any atom is -0.489 e. The molecular formula is C24H17F3N4O2. The first-order chi connectivity index (χ1) is 15.8. The lowest BCUT2D eigenvalue weighted by atomic mass is 10.1. The molecule has 5 rings (SSSR count). The van der Waals surface area contributed by atoms with Crippen LogP contribution in [0.5, 0.6) is 5.75 Å². The Hall–Kier alpha value is -4.01. The number of rotatable bonds is 2. The van der Waals surface area contributed by atoms with E-state index in [1.165, 1.54) is 12.3 Å². The zero-order chi connectivity index (χ0) is 23.2. The average Bonchev–Trinajstić information content (AvgIpc) is 2.97. The Labute approximate surface area is 186 Å². The molecule has 9 heteroatoms. The van der Waals surface area contributed by atoms with Crippen molar-refractivity contribution in [1.29, 1.82) is 0 Å². The van der Waals surface area contributed by atoms with Crippen molar-refractivity contribution in [3.8, 4) is 17.1 Å². The summed E-state index contributed by atoms with van der Waals surface area (Å²) >= 11 is 0. The van der Waals surface area contributed by atoms with Crippen molar-refractivity contribution in [3.05, 3.63) is 77.7 Å². The highest BCUT2D eigenvalue weighted by Crippen LogP contribution is 2.32. The van der Waals surface area contributed by atoms with Crippen molar-refractivity contribution < 1.29 is 22.7 Å². The molecule has 1 aliphatic heterocycles. The van der Waals surface area contributed by atoms with Gasteiger partial charge < -0.3 is 9.64 Å². The second kappa shape index (κ2) is 7.84. The minimum atomic E-state index is -4.42. The number of hydrogen-bond donors (Lipinski definition) is 0. The zero-order valence-electron chi connectivity index (χ0n) is 17.4. The number of aromatic nitrogens is 3. The third kappa shape index (κ3) is 3.86. The molecule has 0 fully saturated rings. The van der Waals surface area contributed by atoms with Gasteiger partial charge in [-0.25, -0.2) is 15.0 Å². The van der Waals surface area contributed by atoms with Crippen molar-refractivity contribution in [2.45, 2.75) is 13.1 Å². The van der Waals surface area contributed by atoms with Crippen LogP contribution >= 0.6 is 0 Å². The lowest BCUT2D eigenvalue weighted by molar-refractivity contribution is -0.137. The van der Waals surface area contributed by atoms with Gasteiger partial charge in [-0.05, 0) is 61.0 Å². The molecule has 0 N–H and O–H groups in total. The first-order valence-electron chi connectivity index (χ1n) is 10.2. The Morgan fingerprint density at radius 1 is 1.06 bits per heavy atom. The van der Waals surface area contributed by atoms with Crippen LogP contribution in [-0.4, -0.2) is 34.0 Å². The highest BCUT2D eigenvalue weighted by Gasteiger charge is 2.30. The van der Waals surface area contributed by atoms with Gasteiger partial charge in [0.1, 0.15) is 6.61 Å². The van der Waals surface area contributed by atoms with Gasteiger partial charge in [-0.2, -0.15) is 13.2 Å². The van der Waals surface area contributed by atoms with Gasteiger partial charge in [0, 0.05) is 29.0 Å². The summed E-state index contributed by atoms with van der Waals surface area (Å²) in [4.78, 5) is 27.5. The third-order valence-electron chi connectivity index (χ3n) is 5.44. The predicted molar refractivity (Wildman–Crippen MR) is 116 cm³/mol. The van der Waals surface area contributed by atoms with Crippen molar-refractivity contribution in [2.75, 3.05) is 18.1 Å². The smallest absolute Gasteiger partial charge is 0.416 e. The van der Waals surface area contributed by atoms with Gasteiger partial charge in [-0.3, -0.25) is 4.79 Å². The van der Waals surface area contributed by atoms with E-state index in [2.05, 4.69) is 15.0 Å². The minimum absolute atomic E-state index is 0.249. The Bertz CT molecular complexity index is 1390. The molecule has 166 valence electrons. The summed E-state index contributed by atoms with van der Waals surface area (Å²) in [5.41, 5.74) is 2.15. The maximum atomic E-state index is 13.1. The van der Waals surface area contributed by atoms with Gasteiger partial charge in [0.25, 0.3) is 5.91 Å². The van der Waals surface area contributed by atoms with E-state index in [1.54, 1.807) is 35.4 Å². The molecule has 0 saturated heterocycles. The number of nitrogens with zero attached hydrogens (tertiary/aromatic N) is 4. The number of pyridine rings is 1. The fraction of sp³-hybridized carbons (Fsp3) is 0.167. The maximum Gasteiger partial charge on any atom is 0.416 e. The summed E-state index contributed by atoms with van der Waals surface area (Å²) in [5.74, 6) is 0.591. The van der Waals surface area contributed by atoms with Crippen LogP contribution in [0.15, 0.2) is 60.9 Å². The number of hydrogen-bond acceptors (Lipinski definition) is 5. The summed E-state index contributed by atoms with van der Waals surface area (Å²) in [6.45, 7) is 2.57. The van der Waals surface area contributed by atoms with Crippen molar-refractivity contribution in [2.24, 2.45) is 0 Å². The predicted octanol–water partition coefficient (Wildman–Crippen LogP) is 5.06. The van der Waals surface area contributed by atoms with Crippen LogP contribution in [0.3, 0.4) is 0 Å². The molecule has 1 aliphatic rings. The normalized spacial score (nSPS) is 14.1. The molecule has 0 atom stereocenters. The molecular weight excluding hydrogens is 433 g/mol. The second-order valence-corrected chi connectivity index (χ2v) is 7.62. The summed E-state index contributed by atoms with van der Waals surface area (Å²) in [6.07, 6.45) is -1.49. The van der Waals surface area contributed by atoms with Gasteiger partial charge in [-0.15, -0.1) is 0 Å². The molecule has 0 aliphatic carbocycles. The Morgan fingerprint density at radius 2 is 1.91 bits per heavy atom. The van der Waals surface area contributed by atoms with E-state index in [9.17, 15) is 18.0 Å². The summed E-state index contributed by atoms with van der Waals surface area (Å²) < 4.78 is 44.5. The fourth-order valence-corrected chi connectivity index (χ4v) is 3.82. The van der Waals surface area contributed by atoms with E-state index in [-0.39, 0.29) is 11.6 Å². The molecule has 2 aromatic heterocycles. The van der Waals surface area contributed by atoms with Crippen LogP contribution < -0.4 is 9.64 Å². The van der Waals surface area contributed by atoms with Gasteiger partial charge >= 0.3 is 6.18 Å². The number of halogens is 3. The first kappa shape index (κ1) is 20.9. The van der Waals surface area contributed by atoms with E-state index >= 15 is 0 Å². The fourth-order valence-electron chi connectivity index (χ4n) is 3.82. The Morgan fingerprint density at radius 3 is 2.70 bits per heavy atom. The number of fused-ring (bicyclic) bond motifs is 2. The van der Waals surface area contributed by atoms with Gasteiger partial charge in [-0.1, -0.05) is 0 Å². The quantitative estimate of drug-likeness (QED) is 0.427. The molecule has 0 radical (unpaired) electrons. The van der Waals surface area contributed by atoms with Crippen LogP contribution in [0.4, 0.5) is 18.9 Å². The second-order valence-electron chi connectivity index (χ2n) is 7.62. The van der Waals surface area contributed by atoms with E-state index < -0.39 is 11.7 Å². The number of amides is 1. The van der Waals surface area contributed by atoms with E-state index in [1.807, 2.05) is 13.0 Å². The number of carbonyl (C=O) groups is 1. The van der Waals surface area contributed by atoms with Gasteiger partial charge in [0.15, 0.2) is 17.3 Å². The number of ether oxygens (including phenoxy) is 1. The monoisotopic (exact) mass is 450 g/mol. The van der Waals surface area contributed by atoms with Crippen LogP contribution in [0.2, 0.25) is 0 Å². The van der Waals surface area contributed by atoms with Crippen LogP contribution in [0, 0.1) is 6.92 Å². The summed E-state index contributed by atoms with van der Waals surface area (Å²) in [5, 5.41) is 0.309. The molecule has 0 bridgehead atoms. The molecule has 4 aromatic rings. The van der Waals surface area contributed by atoms with Gasteiger partial charge in [0.2, 0.25) is 0 Å². The number of anilines is 1. The molecule has 33 heavy (non-hydrogen) atoms. The maximum absolute atomic E-state index is 13.1. The summed E-state index contributed by atoms with van der Waals surface area (Å²) in [7, 11) is 0. The molecule has 6 nitrogen and oxygen atoms in total. The van der Waals surface area contributed by atoms with Crippen LogP contribution in [0.25, 0.3) is 22.3 Å². The summed E-state index contributed by atoms with van der Waals surface area (Å²) in [6, 6.07) is 12.2.